The maximum absolute atomic E-state index is 12.2. The number of aryl methyl sites for hydroxylation is 2. The summed E-state index contributed by atoms with van der Waals surface area (Å²) in [5.74, 6) is -0.787. The molecule has 4 N–H and O–H groups in total. The highest BCUT2D eigenvalue weighted by Crippen LogP contribution is 2.18. The molecule has 6 radical (unpaired) electrons. The fourth-order valence-corrected chi connectivity index (χ4v) is 5.59. The standard InChI is InChI=1S/2C15H12N2O2S.4C2H6.CH4.2B/c1-9-4-2-3-5-11(9)17-15(19)10-8-16-12-6-7-20-14(12)13(10)18;1-9-4-2-3-5-12(9)17-14(19)11-8-16-15-10(13(11)18)6-7-20-15;4*1-2;;;/h2*2-8H,1H3,(H,16,18)(H,17,19);4*1-2H3;1H4;;. The molecule has 2 aromatic carbocycles. The van der Waals surface area contributed by atoms with E-state index in [4.69, 9.17) is 0 Å². The molecule has 0 spiro atoms. The first-order valence-corrected chi connectivity index (χ1v) is 18.0. The number of para-hydroxylation sites is 2. The zero-order valence-electron chi connectivity index (χ0n) is 30.7. The number of hydrogen-bond donors (Lipinski definition) is 4. The molecule has 6 aromatic rings. The number of anilines is 2. The van der Waals surface area contributed by atoms with Crippen molar-refractivity contribution in [2.45, 2.75) is 76.7 Å². The largest absolute Gasteiger partial charge is 0.359 e. The van der Waals surface area contributed by atoms with Gasteiger partial charge in [-0.2, -0.15) is 0 Å². The number of aromatic amines is 2. The van der Waals surface area contributed by atoms with Crippen molar-refractivity contribution in [1.82, 2.24) is 9.97 Å². The Hall–Kier alpha value is -4.67. The molecule has 0 aliphatic heterocycles. The quantitative estimate of drug-likeness (QED) is 0.135. The summed E-state index contributed by atoms with van der Waals surface area (Å²) in [7, 11) is 0. The Morgan fingerprint density at radius 2 is 1.02 bits per heavy atom. The van der Waals surface area contributed by atoms with Gasteiger partial charge in [-0.15, -0.1) is 22.7 Å². The summed E-state index contributed by atoms with van der Waals surface area (Å²) >= 11 is 2.77. The lowest BCUT2D eigenvalue weighted by Crippen LogP contribution is -2.21. The number of rotatable bonds is 4. The first-order valence-electron chi connectivity index (χ1n) is 16.2. The molecule has 4 aromatic heterocycles. The molecule has 4 heterocycles. The van der Waals surface area contributed by atoms with Crippen molar-refractivity contribution in [2.75, 3.05) is 10.6 Å². The third kappa shape index (κ3) is 13.5. The fraction of sp³-hybridized carbons (Fsp3) is 0.282. The Balaban J connectivity index is -0.000000720. The second-order valence-corrected chi connectivity index (χ2v) is 10.8. The van der Waals surface area contributed by atoms with Crippen LogP contribution in [0.25, 0.3) is 20.4 Å². The minimum absolute atomic E-state index is 0. The van der Waals surface area contributed by atoms with Crippen molar-refractivity contribution < 1.29 is 9.59 Å². The molecule has 0 aliphatic carbocycles. The zero-order chi connectivity index (χ0) is 36.2. The van der Waals surface area contributed by atoms with Crippen LogP contribution >= 0.6 is 22.7 Å². The first-order chi connectivity index (χ1) is 23.3. The van der Waals surface area contributed by atoms with Gasteiger partial charge in [0.25, 0.3) is 11.8 Å². The Morgan fingerprint density at radius 1 is 0.588 bits per heavy atom. The molecule has 12 heteroatoms. The number of nitrogens with one attached hydrogen (secondary N) is 4. The van der Waals surface area contributed by atoms with Gasteiger partial charge in [-0.3, -0.25) is 19.2 Å². The molecule has 0 saturated heterocycles. The number of benzene rings is 2. The second-order valence-electron chi connectivity index (χ2n) is 8.93. The van der Waals surface area contributed by atoms with Crippen LogP contribution in [0, 0.1) is 13.8 Å². The number of carbonyl (C=O) groups excluding carboxylic acids is 2. The minimum atomic E-state index is -0.395. The van der Waals surface area contributed by atoms with E-state index in [1.165, 1.54) is 35.1 Å². The number of thiophene rings is 2. The van der Waals surface area contributed by atoms with Crippen LogP contribution in [0.3, 0.4) is 0 Å². The van der Waals surface area contributed by atoms with Gasteiger partial charge in [-0.1, -0.05) is 99.2 Å². The average Bonchev–Trinajstić information content (AvgIpc) is 3.82. The van der Waals surface area contributed by atoms with Crippen LogP contribution in [0.4, 0.5) is 11.4 Å². The molecule has 0 saturated carbocycles. The number of pyridine rings is 2. The summed E-state index contributed by atoms with van der Waals surface area (Å²) in [6.45, 7) is 19.8. The van der Waals surface area contributed by atoms with Gasteiger partial charge in [0.1, 0.15) is 16.0 Å². The molecule has 8 nitrogen and oxygen atoms in total. The number of carbonyl (C=O) groups is 2. The maximum atomic E-state index is 12.2. The van der Waals surface area contributed by atoms with Gasteiger partial charge >= 0.3 is 0 Å². The third-order valence-electron chi connectivity index (χ3n) is 6.27. The molecule has 0 aliphatic rings. The molecular weight excluding hydrogens is 674 g/mol. The normalized spacial score (nSPS) is 8.82. The summed E-state index contributed by atoms with van der Waals surface area (Å²) in [6, 6.07) is 18.5. The highest BCUT2D eigenvalue weighted by molar-refractivity contribution is 7.17. The van der Waals surface area contributed by atoms with E-state index in [1.807, 2.05) is 135 Å². The number of amides is 2. The smallest absolute Gasteiger partial charge is 0.261 e. The van der Waals surface area contributed by atoms with E-state index in [0.29, 0.717) is 21.5 Å². The van der Waals surface area contributed by atoms with E-state index in [9.17, 15) is 19.2 Å². The fourth-order valence-electron chi connectivity index (χ4n) is 4.03. The predicted octanol–water partition coefficient (Wildman–Crippen LogP) is 10.3. The van der Waals surface area contributed by atoms with E-state index in [-0.39, 0.29) is 46.2 Å². The molecule has 0 atom stereocenters. The van der Waals surface area contributed by atoms with Crippen molar-refractivity contribution in [3.63, 3.8) is 0 Å². The van der Waals surface area contributed by atoms with E-state index in [0.717, 1.165) is 21.5 Å². The molecule has 0 bridgehead atoms. The Morgan fingerprint density at radius 3 is 1.51 bits per heavy atom. The summed E-state index contributed by atoms with van der Waals surface area (Å²) in [4.78, 5) is 55.6. The molecule has 51 heavy (non-hydrogen) atoms. The van der Waals surface area contributed by atoms with Crippen LogP contribution in [0.1, 0.15) is 94.7 Å². The van der Waals surface area contributed by atoms with Crippen LogP contribution < -0.4 is 21.5 Å². The van der Waals surface area contributed by atoms with E-state index < -0.39 is 11.8 Å². The van der Waals surface area contributed by atoms with Crippen LogP contribution in [0.15, 0.2) is 93.4 Å². The van der Waals surface area contributed by atoms with E-state index in [1.54, 1.807) is 6.07 Å². The number of fused-ring (bicyclic) bond motifs is 2. The lowest BCUT2D eigenvalue weighted by molar-refractivity contribution is 0.101. The van der Waals surface area contributed by atoms with Crippen molar-refractivity contribution in [1.29, 1.82) is 0 Å². The SMILES string of the molecule is C.CC.CC.CC.CC.Cc1ccccc1NC(=O)c1c[nH]c2ccsc2c1=O.Cc1ccccc1NC(=O)c1c[nH]c2sccc2c1=O.[B].[B]. The second kappa shape index (κ2) is 27.1. The molecule has 6 rings (SSSR count). The van der Waals surface area contributed by atoms with Crippen LogP contribution in [0.5, 0.6) is 0 Å². The number of aromatic nitrogens is 2. The highest BCUT2D eigenvalue weighted by Gasteiger charge is 2.15. The van der Waals surface area contributed by atoms with Gasteiger partial charge in [-0.25, -0.2) is 0 Å². The van der Waals surface area contributed by atoms with Crippen LogP contribution in [0.2, 0.25) is 0 Å². The van der Waals surface area contributed by atoms with Crippen LogP contribution in [-0.4, -0.2) is 38.6 Å². The van der Waals surface area contributed by atoms with Gasteiger partial charge in [0, 0.05) is 40.6 Å². The van der Waals surface area contributed by atoms with Crippen LogP contribution in [-0.2, 0) is 0 Å². The predicted molar refractivity (Wildman–Crippen MR) is 227 cm³/mol. The minimum Gasteiger partial charge on any atom is -0.359 e. The van der Waals surface area contributed by atoms with Crippen molar-refractivity contribution in [2.24, 2.45) is 0 Å². The van der Waals surface area contributed by atoms with Crippen molar-refractivity contribution in [3.8, 4) is 0 Å². The number of hydrogen-bond acceptors (Lipinski definition) is 6. The van der Waals surface area contributed by atoms with Gasteiger partial charge in [0.15, 0.2) is 0 Å². The zero-order valence-corrected chi connectivity index (χ0v) is 32.3. The summed E-state index contributed by atoms with van der Waals surface area (Å²) < 4.78 is 0.572. The monoisotopic (exact) mass is 726 g/mol. The van der Waals surface area contributed by atoms with E-state index >= 15 is 0 Å². The Bertz CT molecular complexity index is 1860. The van der Waals surface area contributed by atoms with Crippen molar-refractivity contribution >= 4 is 83.1 Å². The average molecular weight is 727 g/mol. The van der Waals surface area contributed by atoms with E-state index in [2.05, 4.69) is 20.6 Å². The summed E-state index contributed by atoms with van der Waals surface area (Å²) in [5, 5.41) is 9.74. The lowest BCUT2D eigenvalue weighted by Gasteiger charge is -2.07. The highest BCUT2D eigenvalue weighted by atomic mass is 32.1. The van der Waals surface area contributed by atoms with Crippen molar-refractivity contribution in [3.05, 3.63) is 127 Å². The van der Waals surface area contributed by atoms with Gasteiger partial charge in [-0.05, 0) is 60.0 Å². The van der Waals surface area contributed by atoms with Gasteiger partial charge in [0.05, 0.1) is 15.6 Å². The summed E-state index contributed by atoms with van der Waals surface area (Å²) in [6.07, 6.45) is 2.93. The molecule has 0 fully saturated rings. The van der Waals surface area contributed by atoms with Gasteiger partial charge in [0.2, 0.25) is 10.9 Å². The lowest BCUT2D eigenvalue weighted by atomic mass is 10.1. The Kier molecular flexibility index (Phi) is 26.9. The molecular formula is C39H52B2N4O4S2. The third-order valence-corrected chi connectivity index (χ3v) is 8.02. The Labute approximate surface area is 315 Å². The number of H-pyrrole nitrogens is 2. The maximum Gasteiger partial charge on any atom is 0.261 e. The summed E-state index contributed by atoms with van der Waals surface area (Å²) in [5.41, 5.74) is 3.86. The topological polar surface area (TPSA) is 124 Å². The molecule has 270 valence electrons. The molecule has 0 unspecified atom stereocenters. The first kappa shape index (κ1) is 50.7. The van der Waals surface area contributed by atoms with Gasteiger partial charge < -0.3 is 20.6 Å². The molecule has 2 amide bonds.